The number of hydrogen-bond acceptors (Lipinski definition) is 2. The van der Waals surface area contributed by atoms with E-state index < -0.39 is 0 Å². The average molecular weight is 197 g/mol. The quantitative estimate of drug-likeness (QED) is 0.606. The topological polar surface area (TPSA) is 25.8 Å². The highest BCUT2D eigenvalue weighted by Gasteiger charge is 2.03. The van der Waals surface area contributed by atoms with Gasteiger partial charge in [-0.15, -0.1) is 0 Å². The van der Waals surface area contributed by atoms with E-state index >= 15 is 0 Å². The third-order valence-electron chi connectivity index (χ3n) is 1.72. The molecule has 0 bridgehead atoms. The number of fused-ring (bicyclic) bond motifs is 1. The summed E-state index contributed by atoms with van der Waals surface area (Å²) in [6, 6.07) is 4.27. The van der Waals surface area contributed by atoms with Crippen LogP contribution in [0.25, 0.3) is 10.9 Å². The second kappa shape index (κ2) is 2.92. The van der Waals surface area contributed by atoms with E-state index in [1.165, 1.54) is 12.1 Å². The zero-order chi connectivity index (χ0) is 9.42. The molecule has 66 valence electrons. The van der Waals surface area contributed by atoms with Crippen LogP contribution in [0, 0.1) is 12.7 Å². The van der Waals surface area contributed by atoms with Gasteiger partial charge in [-0.1, -0.05) is 11.6 Å². The molecule has 1 aromatic heterocycles. The largest absolute Gasteiger partial charge is 0.233 e. The monoisotopic (exact) mass is 196 g/mol. The lowest BCUT2D eigenvalue weighted by Gasteiger charge is -2.00. The zero-order valence-corrected chi connectivity index (χ0v) is 7.64. The molecule has 2 nitrogen and oxygen atoms in total. The van der Waals surface area contributed by atoms with Crippen LogP contribution in [0.3, 0.4) is 0 Å². The predicted octanol–water partition coefficient (Wildman–Crippen LogP) is 2.73. The van der Waals surface area contributed by atoms with E-state index in [9.17, 15) is 4.39 Å². The fraction of sp³-hybridized carbons (Fsp3) is 0.111. The van der Waals surface area contributed by atoms with Crippen LogP contribution in [0.4, 0.5) is 4.39 Å². The maximum atomic E-state index is 12.8. The molecule has 0 atom stereocenters. The van der Waals surface area contributed by atoms with Gasteiger partial charge in [0, 0.05) is 5.39 Å². The van der Waals surface area contributed by atoms with Gasteiger partial charge >= 0.3 is 0 Å². The minimum atomic E-state index is -0.332. The van der Waals surface area contributed by atoms with E-state index in [1.54, 1.807) is 13.0 Å². The first kappa shape index (κ1) is 8.38. The average Bonchev–Trinajstić information content (AvgIpc) is 2.06. The zero-order valence-electron chi connectivity index (χ0n) is 6.88. The van der Waals surface area contributed by atoms with Gasteiger partial charge in [0.2, 0.25) is 0 Å². The first-order chi connectivity index (χ1) is 6.16. The molecule has 13 heavy (non-hydrogen) atoms. The Morgan fingerprint density at radius 3 is 2.85 bits per heavy atom. The maximum Gasteiger partial charge on any atom is 0.140 e. The standard InChI is InChI=1S/C9H6ClFN2/c1-5-12-8-3-2-6(11)4-7(8)9(10)13-5/h2-4H,1H3. The second-order valence-corrected chi connectivity index (χ2v) is 3.08. The van der Waals surface area contributed by atoms with Crippen LogP contribution in [0.1, 0.15) is 5.82 Å². The summed E-state index contributed by atoms with van der Waals surface area (Å²) >= 11 is 5.82. The molecule has 0 saturated carbocycles. The molecule has 1 heterocycles. The molecule has 0 aliphatic carbocycles. The Balaban J connectivity index is 2.87. The maximum absolute atomic E-state index is 12.8. The van der Waals surface area contributed by atoms with Gasteiger partial charge in [0.05, 0.1) is 5.52 Å². The lowest BCUT2D eigenvalue weighted by atomic mass is 10.2. The Morgan fingerprint density at radius 1 is 1.31 bits per heavy atom. The summed E-state index contributed by atoms with van der Waals surface area (Å²) in [6.45, 7) is 1.74. The number of aryl methyl sites for hydroxylation is 1. The Labute approximate surface area is 79.4 Å². The van der Waals surface area contributed by atoms with Crippen molar-refractivity contribution in [2.75, 3.05) is 0 Å². The van der Waals surface area contributed by atoms with Crippen molar-refractivity contribution in [3.8, 4) is 0 Å². The molecule has 0 N–H and O–H groups in total. The third kappa shape index (κ3) is 1.47. The van der Waals surface area contributed by atoms with Gasteiger partial charge in [0.25, 0.3) is 0 Å². The smallest absolute Gasteiger partial charge is 0.140 e. The number of hydrogen-bond donors (Lipinski definition) is 0. The van der Waals surface area contributed by atoms with Crippen molar-refractivity contribution >= 4 is 22.5 Å². The summed E-state index contributed by atoms with van der Waals surface area (Å²) in [5.41, 5.74) is 0.666. The molecule has 2 aromatic rings. The molecule has 2 rings (SSSR count). The van der Waals surface area contributed by atoms with Crippen molar-refractivity contribution < 1.29 is 4.39 Å². The molecule has 0 aliphatic rings. The number of rotatable bonds is 0. The van der Waals surface area contributed by atoms with Crippen molar-refractivity contribution in [1.82, 2.24) is 9.97 Å². The Kier molecular flexibility index (Phi) is 1.88. The van der Waals surface area contributed by atoms with Gasteiger partial charge in [-0.25, -0.2) is 14.4 Å². The van der Waals surface area contributed by atoms with Crippen LogP contribution in [0.15, 0.2) is 18.2 Å². The summed E-state index contributed by atoms with van der Waals surface area (Å²) in [5.74, 6) is 0.256. The first-order valence-electron chi connectivity index (χ1n) is 3.76. The van der Waals surface area contributed by atoms with Gasteiger partial charge in [-0.2, -0.15) is 0 Å². The molecular formula is C9H6ClFN2. The number of halogens is 2. The molecule has 0 fully saturated rings. The highest BCUT2D eigenvalue weighted by Crippen LogP contribution is 2.20. The van der Waals surface area contributed by atoms with Crippen molar-refractivity contribution in [2.24, 2.45) is 0 Å². The van der Waals surface area contributed by atoms with Crippen LogP contribution in [-0.4, -0.2) is 9.97 Å². The number of nitrogens with zero attached hydrogens (tertiary/aromatic N) is 2. The van der Waals surface area contributed by atoms with Gasteiger partial charge < -0.3 is 0 Å². The van der Waals surface area contributed by atoms with Gasteiger partial charge in [0.1, 0.15) is 16.8 Å². The van der Waals surface area contributed by atoms with Crippen molar-refractivity contribution in [2.45, 2.75) is 6.92 Å². The van der Waals surface area contributed by atoms with E-state index in [1.807, 2.05) is 0 Å². The van der Waals surface area contributed by atoms with Crippen LogP contribution in [0.2, 0.25) is 5.15 Å². The van der Waals surface area contributed by atoms with Gasteiger partial charge in [-0.05, 0) is 25.1 Å². The summed E-state index contributed by atoms with van der Waals surface area (Å²) < 4.78 is 12.8. The summed E-state index contributed by atoms with van der Waals surface area (Å²) in [5, 5.41) is 0.842. The Bertz CT molecular complexity index is 470. The van der Waals surface area contributed by atoms with E-state index in [0.717, 1.165) is 0 Å². The fourth-order valence-corrected chi connectivity index (χ4v) is 1.45. The molecular weight excluding hydrogens is 191 g/mol. The lowest BCUT2D eigenvalue weighted by Crippen LogP contribution is -1.90. The van der Waals surface area contributed by atoms with E-state index in [0.29, 0.717) is 21.9 Å². The number of aromatic nitrogens is 2. The van der Waals surface area contributed by atoms with Crippen molar-refractivity contribution in [1.29, 1.82) is 0 Å². The summed E-state index contributed by atoms with van der Waals surface area (Å²) in [7, 11) is 0. The van der Waals surface area contributed by atoms with Crippen LogP contribution in [0.5, 0.6) is 0 Å². The predicted molar refractivity (Wildman–Crippen MR) is 49.2 cm³/mol. The van der Waals surface area contributed by atoms with Crippen molar-refractivity contribution in [3.63, 3.8) is 0 Å². The second-order valence-electron chi connectivity index (χ2n) is 2.72. The minimum Gasteiger partial charge on any atom is -0.233 e. The molecule has 0 radical (unpaired) electrons. The normalized spacial score (nSPS) is 10.7. The van der Waals surface area contributed by atoms with Crippen LogP contribution >= 0.6 is 11.6 Å². The summed E-state index contributed by atoms with van der Waals surface area (Å²) in [4.78, 5) is 8.05. The van der Waals surface area contributed by atoms with Crippen LogP contribution < -0.4 is 0 Å². The highest BCUT2D eigenvalue weighted by atomic mass is 35.5. The molecule has 0 unspecified atom stereocenters. The van der Waals surface area contributed by atoms with Crippen molar-refractivity contribution in [3.05, 3.63) is 35.0 Å². The van der Waals surface area contributed by atoms with Gasteiger partial charge in [0.15, 0.2) is 0 Å². The van der Waals surface area contributed by atoms with E-state index in [-0.39, 0.29) is 5.82 Å². The third-order valence-corrected chi connectivity index (χ3v) is 2.01. The van der Waals surface area contributed by atoms with Gasteiger partial charge in [-0.3, -0.25) is 0 Å². The van der Waals surface area contributed by atoms with E-state index in [4.69, 9.17) is 11.6 Å². The molecule has 4 heteroatoms. The lowest BCUT2D eigenvalue weighted by molar-refractivity contribution is 0.629. The van der Waals surface area contributed by atoms with E-state index in [2.05, 4.69) is 9.97 Å². The fourth-order valence-electron chi connectivity index (χ4n) is 1.17. The summed E-state index contributed by atoms with van der Waals surface area (Å²) in [6.07, 6.45) is 0. The molecule has 0 spiro atoms. The molecule has 1 aromatic carbocycles. The SMILES string of the molecule is Cc1nc(Cl)c2cc(F)ccc2n1. The Hall–Kier alpha value is -1.22. The van der Waals surface area contributed by atoms with Crippen LogP contribution in [-0.2, 0) is 0 Å². The molecule has 0 saturated heterocycles. The Morgan fingerprint density at radius 2 is 2.08 bits per heavy atom. The highest BCUT2D eigenvalue weighted by molar-refractivity contribution is 6.34. The first-order valence-corrected chi connectivity index (χ1v) is 4.14. The minimum absolute atomic E-state index is 0.294. The molecule has 0 amide bonds. The number of benzene rings is 1. The molecule has 0 aliphatic heterocycles.